The van der Waals surface area contributed by atoms with Crippen LogP contribution in [0.5, 0.6) is 17.2 Å². The average Bonchev–Trinajstić information content (AvgIpc) is 0.779. The fourth-order valence-electron chi connectivity index (χ4n) is 10.1. The number of hydrogen-bond acceptors (Lipinski definition) is 25. The van der Waals surface area contributed by atoms with E-state index in [0.717, 1.165) is 12.1 Å². The molecule has 536 valence electrons. The first-order valence-corrected chi connectivity index (χ1v) is 31.5. The van der Waals surface area contributed by atoms with Gasteiger partial charge in [0.25, 0.3) is 34.1 Å². The van der Waals surface area contributed by atoms with Gasteiger partial charge in [0, 0.05) is 12.1 Å². The second-order valence-corrected chi connectivity index (χ2v) is 26.3. The number of nitro groups is 8. The molecule has 101 heavy (non-hydrogen) atoms. The Morgan fingerprint density at radius 1 is 0.287 bits per heavy atom. The monoisotopic (exact) mass is 1400 g/mol. The van der Waals surface area contributed by atoms with Gasteiger partial charge in [-0.05, 0) is 101 Å². The Hall–Kier alpha value is -12.2. The molecule has 7 aromatic carbocycles. The lowest BCUT2D eigenvalue weighted by molar-refractivity contribution is -0.395. The third-order valence-corrected chi connectivity index (χ3v) is 15.6. The number of unbranched alkanes of at least 4 members (excludes halogenated alkanes) is 3. The highest BCUT2D eigenvalue weighted by molar-refractivity contribution is 5.92. The van der Waals surface area contributed by atoms with Gasteiger partial charge in [-0.2, -0.15) is 8.78 Å². The summed E-state index contributed by atoms with van der Waals surface area (Å²) in [4.78, 5) is 93.2. The van der Waals surface area contributed by atoms with Gasteiger partial charge in [0.05, 0.1) is 118 Å². The standard InChI is InChI=1S/C66H74F2N14O19/c1-13-16-19-99-61-47(69-41-28-39(67)53(75(83)84)32-55(41)77(87)88)22-36(64(4,5)6)24-49(61)71-43-30-45(59(81(95)96)34-57(43)79(91)92)73-51-26-38(66(10,11)12)27-52(63(51)101-21-18-15-3)74-46-31-44(58(80(93)94)35-60(46)82(97)98)72-50-25-37(65(7,8)9)23-48(62(50)100-20-17-14-2)70-42-29-40(68)54(76(85)86)33-56(42)78(89)90/h22-35,69-74H,13-21H2,1-12H3. The lowest BCUT2D eigenvalue weighted by Crippen LogP contribution is -2.14. The summed E-state index contributed by atoms with van der Waals surface area (Å²) >= 11 is 0. The summed E-state index contributed by atoms with van der Waals surface area (Å²) in [6, 6.07) is 14.7. The number of nitrogens with zero attached hydrogens (tertiary/aromatic N) is 8. The van der Waals surface area contributed by atoms with Crippen LogP contribution in [0, 0.1) is 92.5 Å². The van der Waals surface area contributed by atoms with E-state index in [1.807, 2.05) is 20.8 Å². The minimum Gasteiger partial charge on any atom is -0.489 e. The van der Waals surface area contributed by atoms with Crippen molar-refractivity contribution in [2.45, 2.75) is 138 Å². The third-order valence-electron chi connectivity index (χ3n) is 15.6. The van der Waals surface area contributed by atoms with E-state index in [1.165, 1.54) is 12.1 Å². The van der Waals surface area contributed by atoms with Crippen molar-refractivity contribution < 1.29 is 62.4 Å². The molecule has 7 aromatic rings. The molecule has 0 amide bonds. The van der Waals surface area contributed by atoms with Crippen LogP contribution in [0.3, 0.4) is 0 Å². The molecular formula is C66H74F2N14O19. The smallest absolute Gasteiger partial charge is 0.311 e. The Labute approximate surface area is 575 Å². The first-order valence-electron chi connectivity index (χ1n) is 31.5. The Balaban J connectivity index is 1.46. The lowest BCUT2D eigenvalue weighted by atomic mass is 9.86. The Morgan fingerprint density at radius 2 is 0.465 bits per heavy atom. The molecule has 0 aliphatic heterocycles. The molecule has 0 saturated carbocycles. The van der Waals surface area contributed by atoms with E-state index in [0.29, 0.717) is 91.6 Å². The molecule has 7 rings (SSSR count). The summed E-state index contributed by atoms with van der Waals surface area (Å²) in [7, 11) is 0. The van der Waals surface area contributed by atoms with Crippen LogP contribution in [-0.2, 0) is 16.2 Å². The largest absolute Gasteiger partial charge is 0.489 e. The number of anilines is 12. The fraction of sp³-hybridized carbons (Fsp3) is 0.364. The van der Waals surface area contributed by atoms with Gasteiger partial charge < -0.3 is 46.1 Å². The number of benzene rings is 7. The number of halogens is 2. The van der Waals surface area contributed by atoms with Gasteiger partial charge in [0.2, 0.25) is 11.6 Å². The molecule has 0 heterocycles. The van der Waals surface area contributed by atoms with Crippen LogP contribution in [0.4, 0.5) is 123 Å². The maximum Gasteiger partial charge on any atom is 0.311 e. The van der Waals surface area contributed by atoms with E-state index in [9.17, 15) is 80.9 Å². The maximum absolute atomic E-state index is 15.3. The van der Waals surface area contributed by atoms with Crippen molar-refractivity contribution in [2.24, 2.45) is 0 Å². The maximum atomic E-state index is 15.3. The molecule has 0 atom stereocenters. The zero-order chi connectivity index (χ0) is 74.9. The van der Waals surface area contributed by atoms with Gasteiger partial charge in [-0.3, -0.25) is 80.9 Å². The minimum absolute atomic E-state index is 0.0322. The molecule has 6 N–H and O–H groups in total. The summed E-state index contributed by atoms with van der Waals surface area (Å²) in [6.45, 7) is 21.5. The van der Waals surface area contributed by atoms with Gasteiger partial charge in [-0.15, -0.1) is 0 Å². The number of nitrogens with one attached hydrogen (secondary N) is 6. The highest BCUT2D eigenvalue weighted by Crippen LogP contribution is 2.51. The van der Waals surface area contributed by atoms with Crippen molar-refractivity contribution in [2.75, 3.05) is 51.7 Å². The van der Waals surface area contributed by atoms with Crippen LogP contribution in [0.2, 0.25) is 0 Å². The molecule has 35 heteroatoms. The fourth-order valence-corrected chi connectivity index (χ4v) is 10.1. The van der Waals surface area contributed by atoms with Crippen molar-refractivity contribution in [3.8, 4) is 17.2 Å². The first-order chi connectivity index (χ1) is 47.3. The quantitative estimate of drug-likeness (QED) is 0.0130. The summed E-state index contributed by atoms with van der Waals surface area (Å²) in [5, 5.41) is 119. The summed E-state index contributed by atoms with van der Waals surface area (Å²) in [5.41, 5.74) is -11.9. The number of nitro benzene ring substituents is 8. The van der Waals surface area contributed by atoms with Gasteiger partial charge in [-0.25, -0.2) is 0 Å². The number of ether oxygens (including phenoxy) is 3. The molecule has 0 fully saturated rings. The zero-order valence-electron chi connectivity index (χ0n) is 57.0. The van der Waals surface area contributed by atoms with Crippen LogP contribution in [-0.4, -0.2) is 59.2 Å². The zero-order valence-corrected chi connectivity index (χ0v) is 57.0. The Morgan fingerprint density at radius 3 is 0.634 bits per heavy atom. The van der Waals surface area contributed by atoms with E-state index in [4.69, 9.17) is 14.2 Å². The van der Waals surface area contributed by atoms with E-state index in [2.05, 4.69) is 31.9 Å². The highest BCUT2D eigenvalue weighted by atomic mass is 19.1. The third kappa shape index (κ3) is 18.1. The van der Waals surface area contributed by atoms with Crippen molar-refractivity contribution in [3.63, 3.8) is 0 Å². The average molecular weight is 1410 g/mol. The van der Waals surface area contributed by atoms with E-state index >= 15 is 8.78 Å². The molecule has 0 saturated heterocycles. The number of rotatable bonds is 32. The Bertz CT molecular complexity index is 4190. The SMILES string of the molecule is CCCCOc1c(Nc2cc(F)c([N+](=O)[O-])cc2[N+](=O)[O-])cc(C(C)(C)C)cc1Nc1cc(Nc2cc(C(C)(C)C)cc(Nc3cc(Nc4cc(C(C)(C)C)cc(Nc5cc(F)c([N+](=O)[O-])cc5[N+](=O)[O-])c4OCCCC)c([N+](=O)[O-])cc3[N+](=O)[O-])c2OCCCC)c([N+](=O)[O-])cc1[N+](=O)[O-]. The molecule has 0 bridgehead atoms. The first kappa shape index (κ1) is 76.2. The molecular weight excluding hydrogens is 1330 g/mol. The second kappa shape index (κ2) is 31.1. The topological polar surface area (TPSA) is 445 Å². The van der Waals surface area contributed by atoms with Gasteiger partial charge >= 0.3 is 11.4 Å². The molecule has 0 spiro atoms. The number of hydrogen-bond donors (Lipinski definition) is 6. The molecule has 0 aromatic heterocycles. The molecule has 33 nitrogen and oxygen atoms in total. The van der Waals surface area contributed by atoms with Crippen LogP contribution in [0.25, 0.3) is 0 Å². The van der Waals surface area contributed by atoms with Gasteiger partial charge in [0.1, 0.15) is 34.1 Å². The summed E-state index contributed by atoms with van der Waals surface area (Å²) < 4.78 is 49.7. The van der Waals surface area contributed by atoms with Crippen molar-refractivity contribution in [3.05, 3.63) is 194 Å². The van der Waals surface area contributed by atoms with E-state index in [1.54, 1.807) is 86.6 Å². The molecule has 0 aliphatic rings. The van der Waals surface area contributed by atoms with Crippen molar-refractivity contribution in [1.82, 2.24) is 0 Å². The summed E-state index contributed by atoms with van der Waals surface area (Å²) in [6.07, 6.45) is 2.93. The Kier molecular flexibility index (Phi) is 23.5. The minimum atomic E-state index is -1.43. The van der Waals surface area contributed by atoms with Crippen LogP contribution in [0.1, 0.15) is 138 Å². The van der Waals surface area contributed by atoms with Crippen molar-refractivity contribution in [1.29, 1.82) is 0 Å². The second-order valence-electron chi connectivity index (χ2n) is 26.3. The normalized spacial score (nSPS) is 11.5. The van der Waals surface area contributed by atoms with Crippen LogP contribution in [0.15, 0.2) is 84.9 Å². The van der Waals surface area contributed by atoms with Crippen LogP contribution >= 0.6 is 0 Å². The molecule has 0 unspecified atom stereocenters. The van der Waals surface area contributed by atoms with E-state index < -0.39 is 147 Å². The van der Waals surface area contributed by atoms with Crippen LogP contribution < -0.4 is 46.1 Å². The lowest BCUT2D eigenvalue weighted by Gasteiger charge is -2.26. The summed E-state index contributed by atoms with van der Waals surface area (Å²) in [5.74, 6) is -3.29. The molecule has 0 aliphatic carbocycles. The van der Waals surface area contributed by atoms with Gasteiger partial charge in [-0.1, -0.05) is 102 Å². The molecule has 0 radical (unpaired) electrons. The van der Waals surface area contributed by atoms with Gasteiger partial charge in [0.15, 0.2) is 17.2 Å². The highest BCUT2D eigenvalue weighted by Gasteiger charge is 2.35. The predicted molar refractivity (Wildman–Crippen MR) is 375 cm³/mol. The predicted octanol–water partition coefficient (Wildman–Crippen LogP) is 19.1. The van der Waals surface area contributed by atoms with Crippen molar-refractivity contribution >= 4 is 114 Å². The van der Waals surface area contributed by atoms with E-state index in [-0.39, 0.29) is 71.2 Å².